The van der Waals surface area contributed by atoms with E-state index in [0.29, 0.717) is 31.1 Å². The second-order valence-corrected chi connectivity index (χ2v) is 6.51. The van der Waals surface area contributed by atoms with Crippen LogP contribution in [0.25, 0.3) is 11.3 Å². The average molecular weight is 345 g/mol. The zero-order valence-electron chi connectivity index (χ0n) is 14.3. The molecule has 1 fully saturated rings. The number of hydrogen-bond acceptors (Lipinski definition) is 6. The largest absolute Gasteiger partial charge is 0.444 e. The summed E-state index contributed by atoms with van der Waals surface area (Å²) in [6.45, 7) is 5.35. The highest BCUT2D eigenvalue weighted by atomic mass is 16.5. The number of nitrogens with one attached hydrogen (secondary N) is 1. The summed E-state index contributed by atoms with van der Waals surface area (Å²) >= 11 is 0. The maximum absolute atomic E-state index is 12.4. The van der Waals surface area contributed by atoms with Crippen LogP contribution in [0, 0.1) is 0 Å². The molecule has 0 bridgehead atoms. The first-order chi connectivity index (χ1) is 12.0. The van der Waals surface area contributed by atoms with Gasteiger partial charge in [0.25, 0.3) is 5.91 Å². The van der Waals surface area contributed by atoms with Crippen LogP contribution in [0.1, 0.15) is 17.3 Å². The van der Waals surface area contributed by atoms with Crippen molar-refractivity contribution in [3.05, 3.63) is 42.4 Å². The Morgan fingerprint density at radius 3 is 2.92 bits per heavy atom. The Labute approximate surface area is 146 Å². The number of nitrogens with zero attached hydrogens (tertiary/aromatic N) is 2. The lowest BCUT2D eigenvalue weighted by Crippen LogP contribution is -2.51. The topological polar surface area (TPSA) is 87.8 Å². The molecule has 2 N–H and O–H groups in total. The first-order valence-electron chi connectivity index (χ1n) is 8.33. The van der Waals surface area contributed by atoms with Crippen molar-refractivity contribution in [2.75, 3.05) is 39.4 Å². The maximum atomic E-state index is 12.4. The molecule has 2 aromatic rings. The number of benzene rings is 1. The quantitative estimate of drug-likeness (QED) is 0.817. The van der Waals surface area contributed by atoms with Gasteiger partial charge >= 0.3 is 0 Å². The standard InChI is InChI=1S/C18H23N3O4/c1-18(23,12-21-5-7-24-8-6-21)11-20-17(22)15-4-2-3-14(9-15)16-10-19-13-25-16/h2-4,9-10,13,23H,5-8,11-12H2,1H3,(H,20,22)/t18-/m0/s1. The third kappa shape index (κ3) is 4.88. The number of aromatic nitrogens is 1. The minimum Gasteiger partial charge on any atom is -0.444 e. The van der Waals surface area contributed by atoms with Crippen LogP contribution >= 0.6 is 0 Å². The molecular weight excluding hydrogens is 322 g/mol. The number of carbonyl (C=O) groups excluding carboxylic acids is 1. The Hall–Kier alpha value is -2.22. The molecule has 0 spiro atoms. The van der Waals surface area contributed by atoms with E-state index in [0.717, 1.165) is 18.7 Å². The maximum Gasteiger partial charge on any atom is 0.251 e. The molecule has 134 valence electrons. The number of aliphatic hydroxyl groups is 1. The zero-order valence-corrected chi connectivity index (χ0v) is 14.3. The van der Waals surface area contributed by atoms with Crippen LogP contribution in [0.4, 0.5) is 0 Å². The zero-order chi connectivity index (χ0) is 17.7. The number of β-amino-alcohol motifs (C(OH)–C–C–N with tert-alkyl or cyclic N) is 1. The van der Waals surface area contributed by atoms with Gasteiger partial charge in [-0.1, -0.05) is 12.1 Å². The molecule has 1 atom stereocenters. The summed E-state index contributed by atoms with van der Waals surface area (Å²) in [5.41, 5.74) is 0.288. The number of ether oxygens (including phenoxy) is 1. The Morgan fingerprint density at radius 2 is 2.20 bits per heavy atom. The van der Waals surface area contributed by atoms with Crippen molar-refractivity contribution in [2.24, 2.45) is 0 Å². The Morgan fingerprint density at radius 1 is 1.40 bits per heavy atom. The highest BCUT2D eigenvalue weighted by molar-refractivity contribution is 5.95. The Bertz CT molecular complexity index is 694. The lowest BCUT2D eigenvalue weighted by molar-refractivity contribution is -0.0213. The molecule has 1 amide bonds. The fraction of sp³-hybridized carbons (Fsp3) is 0.444. The van der Waals surface area contributed by atoms with E-state index < -0.39 is 5.60 Å². The normalized spacial score (nSPS) is 17.8. The minimum absolute atomic E-state index is 0.176. The van der Waals surface area contributed by atoms with Gasteiger partial charge in [-0.2, -0.15) is 0 Å². The number of oxazole rings is 1. The number of carbonyl (C=O) groups is 1. The monoisotopic (exact) mass is 345 g/mol. The molecule has 0 radical (unpaired) electrons. The van der Waals surface area contributed by atoms with Crippen molar-refractivity contribution in [3.63, 3.8) is 0 Å². The van der Waals surface area contributed by atoms with E-state index >= 15 is 0 Å². The molecule has 1 aromatic carbocycles. The van der Waals surface area contributed by atoms with Crippen molar-refractivity contribution in [1.82, 2.24) is 15.2 Å². The highest BCUT2D eigenvalue weighted by Gasteiger charge is 2.26. The summed E-state index contributed by atoms with van der Waals surface area (Å²) in [5.74, 6) is 0.373. The molecule has 7 heteroatoms. The summed E-state index contributed by atoms with van der Waals surface area (Å²) in [6.07, 6.45) is 2.95. The van der Waals surface area contributed by atoms with E-state index in [4.69, 9.17) is 9.15 Å². The molecule has 7 nitrogen and oxygen atoms in total. The van der Waals surface area contributed by atoms with Crippen molar-refractivity contribution in [2.45, 2.75) is 12.5 Å². The van der Waals surface area contributed by atoms with Crippen molar-refractivity contribution in [1.29, 1.82) is 0 Å². The average Bonchev–Trinajstić information content (AvgIpc) is 3.15. The SMILES string of the molecule is C[C@](O)(CNC(=O)c1cccc(-c2cnco2)c1)CN1CCOCC1. The summed E-state index contributed by atoms with van der Waals surface area (Å²) in [6, 6.07) is 7.11. The van der Waals surface area contributed by atoms with Crippen molar-refractivity contribution in [3.8, 4) is 11.3 Å². The van der Waals surface area contributed by atoms with E-state index in [9.17, 15) is 9.90 Å². The van der Waals surface area contributed by atoms with Crippen LogP contribution in [0.2, 0.25) is 0 Å². The molecule has 0 aliphatic carbocycles. The first-order valence-corrected chi connectivity index (χ1v) is 8.33. The Balaban J connectivity index is 1.57. The van der Waals surface area contributed by atoms with E-state index in [2.05, 4.69) is 15.2 Å². The molecule has 0 unspecified atom stereocenters. The molecule has 0 saturated carbocycles. The smallest absolute Gasteiger partial charge is 0.251 e. The number of amides is 1. The second-order valence-electron chi connectivity index (χ2n) is 6.51. The first kappa shape index (κ1) is 17.6. The fourth-order valence-corrected chi connectivity index (χ4v) is 2.84. The van der Waals surface area contributed by atoms with Gasteiger partial charge in [-0.05, 0) is 19.1 Å². The summed E-state index contributed by atoms with van der Waals surface area (Å²) < 4.78 is 10.6. The van der Waals surface area contributed by atoms with Crippen LogP contribution in [-0.2, 0) is 4.74 Å². The summed E-state index contributed by atoms with van der Waals surface area (Å²) in [7, 11) is 0. The predicted molar refractivity (Wildman–Crippen MR) is 92.2 cm³/mol. The summed E-state index contributed by atoms with van der Waals surface area (Å²) in [5, 5.41) is 13.4. The number of morpholine rings is 1. The predicted octanol–water partition coefficient (Wildman–Crippen LogP) is 1.15. The van der Waals surface area contributed by atoms with Crippen LogP contribution in [0.15, 0.2) is 41.3 Å². The Kier molecular flexibility index (Phi) is 5.47. The highest BCUT2D eigenvalue weighted by Crippen LogP contribution is 2.19. The van der Waals surface area contributed by atoms with Gasteiger partial charge in [-0.15, -0.1) is 0 Å². The fourth-order valence-electron chi connectivity index (χ4n) is 2.84. The third-order valence-electron chi connectivity index (χ3n) is 4.14. The van der Waals surface area contributed by atoms with Crippen LogP contribution in [0.5, 0.6) is 0 Å². The molecule has 1 aliphatic rings. The van der Waals surface area contributed by atoms with E-state index in [1.54, 1.807) is 31.3 Å². The molecule has 25 heavy (non-hydrogen) atoms. The lowest BCUT2D eigenvalue weighted by Gasteiger charge is -2.33. The number of hydrogen-bond donors (Lipinski definition) is 2. The molecule has 1 saturated heterocycles. The second kappa shape index (κ2) is 7.77. The van der Waals surface area contributed by atoms with Gasteiger partial charge in [0.15, 0.2) is 12.2 Å². The van der Waals surface area contributed by atoms with Crippen LogP contribution in [-0.4, -0.2) is 65.9 Å². The molecule has 2 heterocycles. The van der Waals surface area contributed by atoms with E-state index in [1.165, 1.54) is 6.39 Å². The van der Waals surface area contributed by atoms with Crippen LogP contribution in [0.3, 0.4) is 0 Å². The van der Waals surface area contributed by atoms with Gasteiger partial charge in [0.2, 0.25) is 0 Å². The van der Waals surface area contributed by atoms with Crippen molar-refractivity contribution < 1.29 is 19.1 Å². The molecule has 3 rings (SSSR count). The van der Waals surface area contributed by atoms with Gasteiger partial charge in [0.05, 0.1) is 25.0 Å². The minimum atomic E-state index is -1.00. The van der Waals surface area contributed by atoms with Gasteiger partial charge in [0, 0.05) is 37.3 Å². The van der Waals surface area contributed by atoms with Gasteiger partial charge in [0.1, 0.15) is 0 Å². The molecular formula is C18H23N3O4. The lowest BCUT2D eigenvalue weighted by atomic mass is 10.1. The van der Waals surface area contributed by atoms with Crippen molar-refractivity contribution >= 4 is 5.91 Å². The van der Waals surface area contributed by atoms with Gasteiger partial charge in [-0.25, -0.2) is 4.98 Å². The van der Waals surface area contributed by atoms with Gasteiger partial charge in [-0.3, -0.25) is 9.69 Å². The van der Waals surface area contributed by atoms with E-state index in [-0.39, 0.29) is 12.5 Å². The summed E-state index contributed by atoms with van der Waals surface area (Å²) in [4.78, 5) is 18.4. The number of rotatable bonds is 6. The third-order valence-corrected chi connectivity index (χ3v) is 4.14. The van der Waals surface area contributed by atoms with E-state index in [1.807, 2.05) is 6.07 Å². The molecule has 1 aromatic heterocycles. The van der Waals surface area contributed by atoms with Crippen LogP contribution < -0.4 is 5.32 Å². The molecule has 1 aliphatic heterocycles. The van der Waals surface area contributed by atoms with Gasteiger partial charge < -0.3 is 19.6 Å².